The SMILES string of the molecule is C[C@H](Nc1nc(-c2ccccn2)nc2c1CCC2)C(=O)O. The van der Waals surface area contributed by atoms with Crippen LogP contribution < -0.4 is 5.32 Å². The molecule has 1 atom stereocenters. The molecule has 6 nitrogen and oxygen atoms in total. The van der Waals surface area contributed by atoms with Crippen LogP contribution in [0.5, 0.6) is 0 Å². The number of carbonyl (C=O) groups is 1. The van der Waals surface area contributed by atoms with Gasteiger partial charge < -0.3 is 10.4 Å². The van der Waals surface area contributed by atoms with Gasteiger partial charge in [-0.1, -0.05) is 6.07 Å². The minimum Gasteiger partial charge on any atom is -0.480 e. The van der Waals surface area contributed by atoms with Crippen LogP contribution in [0.25, 0.3) is 11.5 Å². The van der Waals surface area contributed by atoms with Crippen molar-refractivity contribution in [2.45, 2.75) is 32.2 Å². The van der Waals surface area contributed by atoms with Crippen molar-refractivity contribution in [1.82, 2.24) is 15.0 Å². The van der Waals surface area contributed by atoms with Gasteiger partial charge >= 0.3 is 5.97 Å². The number of hydrogen-bond donors (Lipinski definition) is 2. The van der Waals surface area contributed by atoms with Gasteiger partial charge in [0.05, 0.1) is 0 Å². The van der Waals surface area contributed by atoms with Crippen LogP contribution in [0.3, 0.4) is 0 Å². The highest BCUT2D eigenvalue weighted by Crippen LogP contribution is 2.29. The van der Waals surface area contributed by atoms with Crippen LogP contribution in [0.4, 0.5) is 5.82 Å². The predicted octanol–water partition coefficient (Wildman–Crippen LogP) is 1.91. The quantitative estimate of drug-likeness (QED) is 0.891. The van der Waals surface area contributed by atoms with Crippen molar-refractivity contribution in [3.63, 3.8) is 0 Å². The van der Waals surface area contributed by atoms with E-state index in [4.69, 9.17) is 5.11 Å². The fourth-order valence-corrected chi connectivity index (χ4v) is 2.43. The van der Waals surface area contributed by atoms with Gasteiger partial charge in [0.15, 0.2) is 5.82 Å². The molecular formula is C15H16N4O2. The van der Waals surface area contributed by atoms with Gasteiger partial charge in [0, 0.05) is 17.5 Å². The molecular weight excluding hydrogens is 268 g/mol. The molecule has 0 radical (unpaired) electrons. The van der Waals surface area contributed by atoms with Crippen molar-refractivity contribution < 1.29 is 9.90 Å². The maximum Gasteiger partial charge on any atom is 0.325 e. The molecule has 6 heteroatoms. The lowest BCUT2D eigenvalue weighted by Crippen LogP contribution is -2.26. The molecule has 0 aromatic carbocycles. The van der Waals surface area contributed by atoms with Crippen LogP contribution in [0.2, 0.25) is 0 Å². The van der Waals surface area contributed by atoms with Gasteiger partial charge in [0.2, 0.25) is 0 Å². The first-order valence-corrected chi connectivity index (χ1v) is 6.95. The summed E-state index contributed by atoms with van der Waals surface area (Å²) in [5.74, 6) is 0.254. The van der Waals surface area contributed by atoms with E-state index in [0.717, 1.165) is 30.5 Å². The van der Waals surface area contributed by atoms with Crippen molar-refractivity contribution in [3.05, 3.63) is 35.7 Å². The van der Waals surface area contributed by atoms with Gasteiger partial charge in [-0.05, 0) is 38.3 Å². The molecule has 0 aliphatic heterocycles. The Balaban J connectivity index is 2.03. The number of anilines is 1. The minimum absolute atomic E-state index is 0.538. The third kappa shape index (κ3) is 2.69. The number of rotatable bonds is 4. The van der Waals surface area contributed by atoms with Gasteiger partial charge in [0.25, 0.3) is 0 Å². The van der Waals surface area contributed by atoms with E-state index < -0.39 is 12.0 Å². The molecule has 0 saturated carbocycles. The van der Waals surface area contributed by atoms with Crippen LogP contribution in [0, 0.1) is 0 Å². The summed E-state index contributed by atoms with van der Waals surface area (Å²) >= 11 is 0. The van der Waals surface area contributed by atoms with Gasteiger partial charge in [-0.15, -0.1) is 0 Å². The normalized spacial score (nSPS) is 14.5. The Bertz CT molecular complexity index is 673. The molecule has 1 aliphatic rings. The lowest BCUT2D eigenvalue weighted by atomic mass is 10.2. The topological polar surface area (TPSA) is 88.0 Å². The van der Waals surface area contributed by atoms with E-state index in [-0.39, 0.29) is 0 Å². The molecule has 108 valence electrons. The number of hydrogen-bond acceptors (Lipinski definition) is 5. The lowest BCUT2D eigenvalue weighted by molar-refractivity contribution is -0.137. The molecule has 3 rings (SSSR count). The summed E-state index contributed by atoms with van der Waals surface area (Å²) in [5.41, 5.74) is 2.71. The van der Waals surface area contributed by atoms with E-state index >= 15 is 0 Å². The van der Waals surface area contributed by atoms with Crippen molar-refractivity contribution in [2.75, 3.05) is 5.32 Å². The van der Waals surface area contributed by atoms with E-state index in [1.165, 1.54) is 0 Å². The molecule has 0 bridgehead atoms. The zero-order chi connectivity index (χ0) is 14.8. The van der Waals surface area contributed by atoms with Gasteiger partial charge in [-0.3, -0.25) is 9.78 Å². The van der Waals surface area contributed by atoms with Gasteiger partial charge in [0.1, 0.15) is 17.6 Å². The van der Waals surface area contributed by atoms with Crippen molar-refractivity contribution in [2.24, 2.45) is 0 Å². The Kier molecular flexibility index (Phi) is 3.51. The summed E-state index contributed by atoms with van der Waals surface area (Å²) in [5, 5.41) is 12.0. The smallest absolute Gasteiger partial charge is 0.325 e. The lowest BCUT2D eigenvalue weighted by Gasteiger charge is -2.14. The van der Waals surface area contributed by atoms with E-state index in [9.17, 15) is 4.79 Å². The van der Waals surface area contributed by atoms with Crippen LogP contribution in [-0.4, -0.2) is 32.1 Å². The van der Waals surface area contributed by atoms with Gasteiger partial charge in [-0.2, -0.15) is 0 Å². The fraction of sp³-hybridized carbons (Fsp3) is 0.333. The Morgan fingerprint density at radius 3 is 2.90 bits per heavy atom. The highest BCUT2D eigenvalue weighted by atomic mass is 16.4. The second kappa shape index (κ2) is 5.47. The van der Waals surface area contributed by atoms with Crippen LogP contribution in [0.15, 0.2) is 24.4 Å². The standard InChI is InChI=1S/C15H16N4O2/c1-9(15(20)21)17-13-10-5-4-7-11(10)18-14(19-13)12-6-2-3-8-16-12/h2-3,6,8-9H,4-5,7H2,1H3,(H,20,21)(H,17,18,19)/t9-/m0/s1. The summed E-state index contributed by atoms with van der Waals surface area (Å²) in [6.07, 6.45) is 4.49. The third-order valence-electron chi connectivity index (χ3n) is 3.55. The van der Waals surface area contributed by atoms with E-state index in [1.807, 2.05) is 18.2 Å². The van der Waals surface area contributed by atoms with Crippen molar-refractivity contribution in [3.8, 4) is 11.5 Å². The van der Waals surface area contributed by atoms with E-state index in [0.29, 0.717) is 17.3 Å². The van der Waals surface area contributed by atoms with Crippen LogP contribution in [0.1, 0.15) is 24.6 Å². The Hall–Kier alpha value is -2.50. The molecule has 0 saturated heterocycles. The average molecular weight is 284 g/mol. The fourth-order valence-electron chi connectivity index (χ4n) is 2.43. The number of aryl methyl sites for hydroxylation is 1. The Labute approximate surface area is 122 Å². The predicted molar refractivity (Wildman–Crippen MR) is 78.0 cm³/mol. The second-order valence-corrected chi connectivity index (χ2v) is 5.09. The minimum atomic E-state index is -0.903. The van der Waals surface area contributed by atoms with E-state index in [1.54, 1.807) is 13.1 Å². The van der Waals surface area contributed by atoms with E-state index in [2.05, 4.69) is 20.3 Å². The summed E-state index contributed by atoms with van der Waals surface area (Å²) < 4.78 is 0. The zero-order valence-electron chi connectivity index (χ0n) is 11.7. The highest BCUT2D eigenvalue weighted by Gasteiger charge is 2.22. The summed E-state index contributed by atoms with van der Waals surface area (Å²) in [7, 11) is 0. The largest absolute Gasteiger partial charge is 0.480 e. The summed E-state index contributed by atoms with van der Waals surface area (Å²) in [4.78, 5) is 24.4. The maximum atomic E-state index is 11.0. The zero-order valence-corrected chi connectivity index (χ0v) is 11.7. The Morgan fingerprint density at radius 2 is 2.19 bits per heavy atom. The first-order valence-electron chi connectivity index (χ1n) is 6.95. The first-order chi connectivity index (χ1) is 10.1. The molecule has 2 heterocycles. The maximum absolute atomic E-state index is 11.0. The third-order valence-corrected chi connectivity index (χ3v) is 3.55. The van der Waals surface area contributed by atoms with Crippen LogP contribution in [-0.2, 0) is 17.6 Å². The first kappa shape index (κ1) is 13.5. The molecule has 0 unspecified atom stereocenters. The van der Waals surface area contributed by atoms with Gasteiger partial charge in [-0.25, -0.2) is 9.97 Å². The molecule has 0 spiro atoms. The number of nitrogens with one attached hydrogen (secondary N) is 1. The second-order valence-electron chi connectivity index (χ2n) is 5.09. The average Bonchev–Trinajstić information content (AvgIpc) is 2.96. The summed E-state index contributed by atoms with van der Waals surface area (Å²) in [6, 6.07) is 4.87. The molecule has 1 aliphatic carbocycles. The number of aromatic nitrogens is 3. The van der Waals surface area contributed by atoms with Crippen molar-refractivity contribution >= 4 is 11.8 Å². The Morgan fingerprint density at radius 1 is 1.33 bits per heavy atom. The van der Waals surface area contributed by atoms with Crippen molar-refractivity contribution in [1.29, 1.82) is 0 Å². The molecule has 21 heavy (non-hydrogen) atoms. The van der Waals surface area contributed by atoms with Crippen LogP contribution >= 0.6 is 0 Å². The number of carboxylic acids is 1. The number of fused-ring (bicyclic) bond motifs is 1. The molecule has 2 aromatic rings. The highest BCUT2D eigenvalue weighted by molar-refractivity contribution is 5.77. The number of aliphatic carboxylic acids is 1. The number of pyridine rings is 1. The molecule has 0 amide bonds. The number of carboxylic acid groups (broad SMARTS) is 1. The molecule has 2 N–H and O–H groups in total. The monoisotopic (exact) mass is 284 g/mol. The molecule has 0 fully saturated rings. The molecule has 2 aromatic heterocycles. The number of nitrogens with zero attached hydrogens (tertiary/aromatic N) is 3. The summed E-state index contributed by atoms with van der Waals surface area (Å²) in [6.45, 7) is 1.60.